The van der Waals surface area contributed by atoms with Gasteiger partial charge in [0.15, 0.2) is 11.5 Å². The zero-order valence-corrected chi connectivity index (χ0v) is 14.1. The third kappa shape index (κ3) is 4.73. The highest BCUT2D eigenvalue weighted by Gasteiger charge is 2.14. The molecule has 0 unspecified atom stereocenters. The van der Waals surface area contributed by atoms with Crippen LogP contribution in [0.5, 0.6) is 11.5 Å². The molecule has 0 aliphatic carbocycles. The lowest BCUT2D eigenvalue weighted by Crippen LogP contribution is -2.10. The molecular formula is C18H17ClO5. The summed E-state index contributed by atoms with van der Waals surface area (Å²) in [6, 6.07) is 11.8. The molecule has 0 heterocycles. The second-order valence-corrected chi connectivity index (χ2v) is 5.39. The second kappa shape index (κ2) is 8.36. The fourth-order valence-corrected chi connectivity index (χ4v) is 2.19. The van der Waals surface area contributed by atoms with Gasteiger partial charge in [-0.15, -0.1) is 0 Å². The van der Waals surface area contributed by atoms with Gasteiger partial charge in [0.2, 0.25) is 0 Å². The third-order valence-electron chi connectivity index (χ3n) is 3.34. The van der Waals surface area contributed by atoms with Gasteiger partial charge in [0, 0.05) is 11.4 Å². The van der Waals surface area contributed by atoms with Gasteiger partial charge in [0.25, 0.3) is 0 Å². The van der Waals surface area contributed by atoms with Crippen molar-refractivity contribution in [2.45, 2.75) is 12.8 Å². The van der Waals surface area contributed by atoms with E-state index in [0.29, 0.717) is 17.0 Å². The fourth-order valence-electron chi connectivity index (χ4n) is 2.07. The van der Waals surface area contributed by atoms with Crippen molar-refractivity contribution in [2.24, 2.45) is 0 Å². The van der Waals surface area contributed by atoms with Gasteiger partial charge in [-0.05, 0) is 42.3 Å². The maximum Gasteiger partial charge on any atom is 0.337 e. The Balaban J connectivity index is 2.00. The Hall–Kier alpha value is -2.53. The number of hydrogen-bond acceptors (Lipinski definition) is 5. The van der Waals surface area contributed by atoms with E-state index in [9.17, 15) is 9.59 Å². The van der Waals surface area contributed by atoms with Gasteiger partial charge in [-0.25, -0.2) is 4.79 Å². The van der Waals surface area contributed by atoms with Crippen LogP contribution in [-0.4, -0.2) is 26.2 Å². The first-order chi connectivity index (χ1) is 11.5. The number of halogens is 1. The Bertz CT molecular complexity index is 725. The molecule has 2 rings (SSSR count). The Labute approximate surface area is 145 Å². The standard InChI is InChI=1S/C18H17ClO5/c1-22-16-11-13(18(21)23-2)6-9-15(16)24-17(20)10-5-12-3-7-14(19)8-4-12/h3-4,6-9,11H,5,10H2,1-2H3. The van der Waals surface area contributed by atoms with Crippen LogP contribution in [0.4, 0.5) is 0 Å². The Kier molecular flexibility index (Phi) is 6.21. The van der Waals surface area contributed by atoms with E-state index in [2.05, 4.69) is 4.74 Å². The summed E-state index contributed by atoms with van der Waals surface area (Å²) in [4.78, 5) is 23.5. The average molecular weight is 349 g/mol. The van der Waals surface area contributed by atoms with Crippen LogP contribution in [0.3, 0.4) is 0 Å². The highest BCUT2D eigenvalue weighted by Crippen LogP contribution is 2.28. The molecule has 126 valence electrons. The molecule has 24 heavy (non-hydrogen) atoms. The molecule has 0 aliphatic rings. The first-order valence-corrected chi connectivity index (χ1v) is 7.62. The van der Waals surface area contributed by atoms with Crippen molar-refractivity contribution < 1.29 is 23.8 Å². The fraction of sp³-hybridized carbons (Fsp3) is 0.222. The number of rotatable bonds is 6. The molecule has 2 aromatic rings. The smallest absolute Gasteiger partial charge is 0.337 e. The van der Waals surface area contributed by atoms with Crippen LogP contribution in [0.15, 0.2) is 42.5 Å². The van der Waals surface area contributed by atoms with Gasteiger partial charge < -0.3 is 14.2 Å². The summed E-state index contributed by atoms with van der Waals surface area (Å²) in [5, 5.41) is 0.650. The lowest BCUT2D eigenvalue weighted by Gasteiger charge is -2.10. The van der Waals surface area contributed by atoms with Crippen molar-refractivity contribution in [1.29, 1.82) is 0 Å². The number of hydrogen-bond donors (Lipinski definition) is 0. The Morgan fingerprint density at radius 1 is 1.00 bits per heavy atom. The van der Waals surface area contributed by atoms with Gasteiger partial charge in [0.05, 0.1) is 19.8 Å². The van der Waals surface area contributed by atoms with Gasteiger partial charge in [0.1, 0.15) is 0 Å². The van der Waals surface area contributed by atoms with E-state index in [1.165, 1.54) is 32.4 Å². The minimum atomic E-state index is -0.492. The quantitative estimate of drug-likeness (QED) is 0.588. The number of esters is 2. The van der Waals surface area contributed by atoms with Gasteiger partial charge in [-0.1, -0.05) is 23.7 Å². The highest BCUT2D eigenvalue weighted by atomic mass is 35.5. The molecule has 0 bridgehead atoms. The number of carbonyl (C=O) groups is 2. The van der Waals surface area contributed by atoms with Crippen molar-refractivity contribution in [2.75, 3.05) is 14.2 Å². The lowest BCUT2D eigenvalue weighted by molar-refractivity contribution is -0.134. The van der Waals surface area contributed by atoms with Crippen molar-refractivity contribution in [1.82, 2.24) is 0 Å². The molecule has 0 saturated heterocycles. The van der Waals surface area contributed by atoms with Crippen LogP contribution in [0, 0.1) is 0 Å². The summed E-state index contributed by atoms with van der Waals surface area (Å²) in [6.07, 6.45) is 0.752. The summed E-state index contributed by atoms with van der Waals surface area (Å²) < 4.78 is 15.1. The molecule has 0 saturated carbocycles. The number of methoxy groups -OCH3 is 2. The molecule has 0 N–H and O–H groups in total. The number of benzene rings is 2. The summed E-state index contributed by atoms with van der Waals surface area (Å²) in [7, 11) is 2.72. The van der Waals surface area contributed by atoms with Crippen molar-refractivity contribution in [3.63, 3.8) is 0 Å². The summed E-state index contributed by atoms with van der Waals surface area (Å²) in [5.41, 5.74) is 1.31. The largest absolute Gasteiger partial charge is 0.493 e. The second-order valence-electron chi connectivity index (χ2n) is 4.96. The predicted molar refractivity (Wildman–Crippen MR) is 89.7 cm³/mol. The van der Waals surface area contributed by atoms with Crippen molar-refractivity contribution in [3.8, 4) is 11.5 Å². The summed E-state index contributed by atoms with van der Waals surface area (Å²) in [5.74, 6) is -0.341. The minimum absolute atomic E-state index is 0.212. The van der Waals surface area contributed by atoms with E-state index >= 15 is 0 Å². The van der Waals surface area contributed by atoms with E-state index in [0.717, 1.165) is 5.56 Å². The number of ether oxygens (including phenoxy) is 3. The predicted octanol–water partition coefficient (Wildman–Crippen LogP) is 3.67. The van der Waals surface area contributed by atoms with Gasteiger partial charge in [-0.2, -0.15) is 0 Å². The van der Waals surface area contributed by atoms with E-state index in [1.807, 2.05) is 12.1 Å². The van der Waals surface area contributed by atoms with Crippen LogP contribution in [0.1, 0.15) is 22.3 Å². The van der Waals surface area contributed by atoms with Crippen molar-refractivity contribution in [3.05, 3.63) is 58.6 Å². The van der Waals surface area contributed by atoms with Gasteiger partial charge >= 0.3 is 11.9 Å². The topological polar surface area (TPSA) is 61.8 Å². The van der Waals surface area contributed by atoms with Crippen LogP contribution < -0.4 is 9.47 Å². The van der Waals surface area contributed by atoms with E-state index in [1.54, 1.807) is 12.1 Å². The first kappa shape index (κ1) is 17.8. The van der Waals surface area contributed by atoms with Crippen molar-refractivity contribution >= 4 is 23.5 Å². The van der Waals surface area contributed by atoms with Crippen LogP contribution in [0.2, 0.25) is 5.02 Å². The summed E-state index contributed by atoms with van der Waals surface area (Å²) >= 11 is 5.82. The Morgan fingerprint density at radius 3 is 2.33 bits per heavy atom. The third-order valence-corrected chi connectivity index (χ3v) is 3.59. The maximum atomic E-state index is 12.0. The maximum absolute atomic E-state index is 12.0. The summed E-state index contributed by atoms with van der Waals surface area (Å²) in [6.45, 7) is 0. The van der Waals surface area contributed by atoms with E-state index in [4.69, 9.17) is 21.1 Å². The first-order valence-electron chi connectivity index (χ1n) is 7.25. The Morgan fingerprint density at radius 2 is 1.71 bits per heavy atom. The monoisotopic (exact) mass is 348 g/mol. The highest BCUT2D eigenvalue weighted by molar-refractivity contribution is 6.30. The molecule has 2 aromatic carbocycles. The molecule has 0 radical (unpaired) electrons. The number of aryl methyl sites for hydroxylation is 1. The molecule has 6 heteroatoms. The molecule has 0 atom stereocenters. The SMILES string of the molecule is COC(=O)c1ccc(OC(=O)CCc2ccc(Cl)cc2)c(OC)c1. The van der Waals surface area contributed by atoms with E-state index < -0.39 is 11.9 Å². The zero-order valence-electron chi connectivity index (χ0n) is 13.4. The molecular weight excluding hydrogens is 332 g/mol. The average Bonchev–Trinajstić information content (AvgIpc) is 2.60. The molecule has 5 nitrogen and oxygen atoms in total. The number of carbonyl (C=O) groups excluding carboxylic acids is 2. The molecule has 0 spiro atoms. The molecule has 0 amide bonds. The zero-order chi connectivity index (χ0) is 17.5. The van der Waals surface area contributed by atoms with Gasteiger partial charge in [-0.3, -0.25) is 4.79 Å². The van der Waals surface area contributed by atoms with Crippen LogP contribution in [-0.2, 0) is 16.0 Å². The molecule has 0 fully saturated rings. The molecule has 0 aromatic heterocycles. The normalized spacial score (nSPS) is 10.1. The van der Waals surface area contributed by atoms with Crippen LogP contribution >= 0.6 is 11.6 Å². The van der Waals surface area contributed by atoms with E-state index in [-0.39, 0.29) is 17.9 Å². The van der Waals surface area contributed by atoms with Crippen LogP contribution in [0.25, 0.3) is 0 Å². The lowest BCUT2D eigenvalue weighted by atomic mass is 10.1. The molecule has 0 aliphatic heterocycles. The minimum Gasteiger partial charge on any atom is -0.493 e.